The largest absolute Gasteiger partial charge is 0.474 e. The summed E-state index contributed by atoms with van der Waals surface area (Å²) in [7, 11) is 0. The van der Waals surface area contributed by atoms with Crippen LogP contribution in [-0.2, 0) is 6.54 Å². The smallest absolute Gasteiger partial charge is 0.213 e. The number of pyridine rings is 1. The normalized spacial score (nSPS) is 22.2. The molecule has 1 heterocycles. The van der Waals surface area contributed by atoms with Crippen LogP contribution in [0.25, 0.3) is 0 Å². The van der Waals surface area contributed by atoms with Crippen molar-refractivity contribution in [2.75, 3.05) is 0 Å². The number of rotatable bonds is 5. The van der Waals surface area contributed by atoms with E-state index in [-0.39, 0.29) is 0 Å². The Morgan fingerprint density at radius 2 is 2.00 bits per heavy atom. The van der Waals surface area contributed by atoms with Gasteiger partial charge in [-0.25, -0.2) is 4.98 Å². The molecule has 0 aromatic carbocycles. The second-order valence-corrected chi connectivity index (χ2v) is 7.66. The molecule has 2 aliphatic carbocycles. The van der Waals surface area contributed by atoms with E-state index in [9.17, 15) is 0 Å². The van der Waals surface area contributed by atoms with Gasteiger partial charge in [0.25, 0.3) is 0 Å². The van der Waals surface area contributed by atoms with Gasteiger partial charge in [-0.2, -0.15) is 0 Å². The lowest BCUT2D eigenvalue weighted by Crippen LogP contribution is -2.28. The average Bonchev–Trinajstić information content (AvgIpc) is 3.26. The topological polar surface area (TPSA) is 34.1 Å². The molecule has 21 heavy (non-hydrogen) atoms. The molecule has 0 amide bonds. The van der Waals surface area contributed by atoms with Gasteiger partial charge in [-0.1, -0.05) is 25.4 Å². The molecule has 4 heteroatoms. The van der Waals surface area contributed by atoms with Crippen molar-refractivity contribution in [3.8, 4) is 5.88 Å². The van der Waals surface area contributed by atoms with Gasteiger partial charge in [0.1, 0.15) is 6.10 Å². The molecule has 0 spiro atoms. The van der Waals surface area contributed by atoms with Crippen molar-refractivity contribution in [2.24, 2.45) is 5.41 Å². The van der Waals surface area contributed by atoms with Crippen LogP contribution in [0, 0.1) is 5.41 Å². The molecule has 0 radical (unpaired) electrons. The van der Waals surface area contributed by atoms with Crippen LogP contribution in [0.4, 0.5) is 0 Å². The van der Waals surface area contributed by atoms with Gasteiger partial charge in [0.05, 0.1) is 5.02 Å². The summed E-state index contributed by atoms with van der Waals surface area (Å²) in [4.78, 5) is 4.33. The van der Waals surface area contributed by atoms with Crippen LogP contribution in [0.15, 0.2) is 12.3 Å². The van der Waals surface area contributed by atoms with Crippen LogP contribution in [-0.4, -0.2) is 17.1 Å². The molecule has 0 atom stereocenters. The molecule has 0 saturated heterocycles. The van der Waals surface area contributed by atoms with Crippen molar-refractivity contribution in [1.82, 2.24) is 10.3 Å². The molecule has 1 N–H and O–H groups in total. The van der Waals surface area contributed by atoms with Crippen molar-refractivity contribution in [2.45, 2.75) is 71.1 Å². The number of hydrogen-bond acceptors (Lipinski definition) is 3. The maximum atomic E-state index is 6.22. The van der Waals surface area contributed by atoms with Crippen LogP contribution >= 0.6 is 11.6 Å². The van der Waals surface area contributed by atoms with Crippen molar-refractivity contribution in [3.63, 3.8) is 0 Å². The van der Waals surface area contributed by atoms with Gasteiger partial charge in [0.15, 0.2) is 0 Å². The van der Waals surface area contributed by atoms with Gasteiger partial charge in [-0.05, 0) is 49.5 Å². The number of nitrogens with one attached hydrogen (secondary N) is 1. The van der Waals surface area contributed by atoms with Gasteiger partial charge >= 0.3 is 0 Å². The Labute approximate surface area is 132 Å². The first-order chi connectivity index (χ1) is 10.0. The summed E-state index contributed by atoms with van der Waals surface area (Å²) in [6.45, 7) is 5.48. The molecule has 1 aromatic rings. The summed E-state index contributed by atoms with van der Waals surface area (Å²) < 4.78 is 6.07. The van der Waals surface area contributed by atoms with Gasteiger partial charge in [0, 0.05) is 24.8 Å². The van der Waals surface area contributed by atoms with Crippen LogP contribution in [0.1, 0.15) is 57.9 Å². The standard InChI is InChI=1S/C17H25ClN2O/c1-17(2)7-5-14(6-8-17)21-16-9-12(15(18)11-20-16)10-19-13-3-4-13/h9,11,13-14,19H,3-8,10H2,1-2H3. The van der Waals surface area contributed by atoms with Crippen LogP contribution in [0.5, 0.6) is 5.88 Å². The third kappa shape index (κ3) is 4.33. The van der Waals surface area contributed by atoms with Crippen molar-refractivity contribution in [3.05, 3.63) is 22.8 Å². The fourth-order valence-electron chi connectivity index (χ4n) is 2.86. The van der Waals surface area contributed by atoms with Crippen LogP contribution in [0.3, 0.4) is 0 Å². The minimum absolute atomic E-state index is 0.302. The predicted octanol–water partition coefficient (Wildman–Crippen LogP) is 4.33. The van der Waals surface area contributed by atoms with E-state index >= 15 is 0 Å². The zero-order valence-corrected chi connectivity index (χ0v) is 13.7. The number of halogens is 1. The van der Waals surface area contributed by atoms with E-state index < -0.39 is 0 Å². The van der Waals surface area contributed by atoms with E-state index in [1.54, 1.807) is 6.20 Å². The number of nitrogens with zero attached hydrogens (tertiary/aromatic N) is 1. The number of aromatic nitrogens is 1. The molecule has 2 aliphatic rings. The predicted molar refractivity (Wildman–Crippen MR) is 85.8 cm³/mol. The van der Waals surface area contributed by atoms with Gasteiger partial charge in [0.2, 0.25) is 5.88 Å². The molecule has 0 aliphatic heterocycles. The van der Waals surface area contributed by atoms with E-state index in [0.717, 1.165) is 35.9 Å². The first-order valence-corrected chi connectivity index (χ1v) is 8.44. The highest BCUT2D eigenvalue weighted by Gasteiger charge is 2.28. The van der Waals surface area contributed by atoms with Gasteiger partial charge < -0.3 is 10.1 Å². The fourth-order valence-corrected chi connectivity index (χ4v) is 3.03. The summed E-state index contributed by atoms with van der Waals surface area (Å²) in [5.74, 6) is 0.719. The molecule has 2 saturated carbocycles. The Hall–Kier alpha value is -0.800. The highest BCUT2D eigenvalue weighted by molar-refractivity contribution is 6.31. The molecule has 1 aromatic heterocycles. The third-order valence-corrected chi connectivity index (χ3v) is 4.98. The van der Waals surface area contributed by atoms with Gasteiger partial charge in [-0.3, -0.25) is 0 Å². The first-order valence-electron chi connectivity index (χ1n) is 8.06. The highest BCUT2D eigenvalue weighted by Crippen LogP contribution is 2.36. The minimum Gasteiger partial charge on any atom is -0.474 e. The van der Waals surface area contributed by atoms with E-state index in [1.165, 1.54) is 25.7 Å². The SMILES string of the molecule is CC1(C)CCC(Oc2cc(CNC3CC3)c(Cl)cn2)CC1. The molecule has 3 nitrogen and oxygen atoms in total. The van der Waals surface area contributed by atoms with Crippen LogP contribution < -0.4 is 10.1 Å². The van der Waals surface area contributed by atoms with Crippen LogP contribution in [0.2, 0.25) is 5.02 Å². The number of hydrogen-bond donors (Lipinski definition) is 1. The first kappa shape index (κ1) is 15.1. The molecule has 0 bridgehead atoms. The second-order valence-electron chi connectivity index (χ2n) is 7.25. The fraction of sp³-hybridized carbons (Fsp3) is 0.706. The molecule has 116 valence electrons. The quantitative estimate of drug-likeness (QED) is 0.879. The number of ether oxygens (including phenoxy) is 1. The Balaban J connectivity index is 1.58. The molecule has 3 rings (SSSR count). The van der Waals surface area contributed by atoms with E-state index in [0.29, 0.717) is 17.6 Å². The molecular formula is C17H25ClN2O. The summed E-state index contributed by atoms with van der Waals surface area (Å²) in [5.41, 5.74) is 1.55. The van der Waals surface area contributed by atoms with Crippen molar-refractivity contribution >= 4 is 11.6 Å². The Kier molecular flexibility index (Phi) is 4.41. The monoisotopic (exact) mass is 308 g/mol. The minimum atomic E-state index is 0.302. The summed E-state index contributed by atoms with van der Waals surface area (Å²) >= 11 is 6.22. The molecule has 0 unspecified atom stereocenters. The lowest BCUT2D eigenvalue weighted by molar-refractivity contribution is 0.0948. The summed E-state index contributed by atoms with van der Waals surface area (Å²) in [6, 6.07) is 2.68. The van der Waals surface area contributed by atoms with E-state index in [4.69, 9.17) is 16.3 Å². The zero-order valence-electron chi connectivity index (χ0n) is 13.0. The van der Waals surface area contributed by atoms with E-state index in [1.807, 2.05) is 6.07 Å². The second kappa shape index (κ2) is 6.13. The summed E-state index contributed by atoms with van der Waals surface area (Å²) in [6.07, 6.45) is 9.26. The van der Waals surface area contributed by atoms with Crippen molar-refractivity contribution < 1.29 is 4.74 Å². The van der Waals surface area contributed by atoms with Crippen molar-refractivity contribution in [1.29, 1.82) is 0 Å². The average molecular weight is 309 g/mol. The Morgan fingerprint density at radius 3 is 2.67 bits per heavy atom. The van der Waals surface area contributed by atoms with E-state index in [2.05, 4.69) is 24.1 Å². The maximum absolute atomic E-state index is 6.22. The molecular weight excluding hydrogens is 284 g/mol. The highest BCUT2D eigenvalue weighted by atomic mass is 35.5. The summed E-state index contributed by atoms with van der Waals surface area (Å²) in [5, 5.41) is 4.21. The lowest BCUT2D eigenvalue weighted by Gasteiger charge is -2.34. The maximum Gasteiger partial charge on any atom is 0.213 e. The third-order valence-electron chi connectivity index (χ3n) is 4.64. The molecule has 2 fully saturated rings. The lowest BCUT2D eigenvalue weighted by atomic mass is 9.76. The van der Waals surface area contributed by atoms with Gasteiger partial charge in [-0.15, -0.1) is 0 Å². The Morgan fingerprint density at radius 1 is 1.29 bits per heavy atom. The zero-order chi connectivity index (χ0) is 14.9. The Bertz CT molecular complexity index is 490.